The summed E-state index contributed by atoms with van der Waals surface area (Å²) in [7, 11) is 2.03. The predicted octanol–water partition coefficient (Wildman–Crippen LogP) is 1.90. The number of benzene rings is 1. The van der Waals surface area contributed by atoms with Crippen molar-refractivity contribution in [2.45, 2.75) is 25.3 Å². The van der Waals surface area contributed by atoms with E-state index in [0.29, 0.717) is 12.6 Å². The first kappa shape index (κ1) is 10.8. The minimum Gasteiger partial charge on any atom is -0.493 e. The van der Waals surface area contributed by atoms with Gasteiger partial charge in [-0.1, -0.05) is 0 Å². The van der Waals surface area contributed by atoms with E-state index in [1.165, 1.54) is 18.4 Å². The summed E-state index contributed by atoms with van der Waals surface area (Å²) in [5, 5.41) is 0. The lowest BCUT2D eigenvalue weighted by Gasteiger charge is -2.14. The summed E-state index contributed by atoms with van der Waals surface area (Å²) in [5.74, 6) is 1.16. The highest BCUT2D eigenvalue weighted by Gasteiger charge is 2.27. The van der Waals surface area contributed by atoms with Gasteiger partial charge in [0.1, 0.15) is 5.75 Å². The monoisotopic (exact) mass is 231 g/mol. The first-order valence-electron chi connectivity index (χ1n) is 6.23. The molecule has 1 heterocycles. The number of ether oxygens (including phenoxy) is 1. The lowest BCUT2D eigenvalue weighted by atomic mass is 10.1. The SMILES string of the molecule is CN(CC(=O)c1ccc2c(c1)CCO2)C1CC1. The number of likely N-dealkylation sites (N-methyl/N-ethyl adjacent to an activating group) is 1. The summed E-state index contributed by atoms with van der Waals surface area (Å²) in [6.07, 6.45) is 3.40. The van der Waals surface area contributed by atoms with Crippen LogP contribution in [0.5, 0.6) is 5.75 Å². The van der Waals surface area contributed by atoms with Crippen molar-refractivity contribution in [3.8, 4) is 5.75 Å². The van der Waals surface area contributed by atoms with E-state index < -0.39 is 0 Å². The topological polar surface area (TPSA) is 29.5 Å². The third-order valence-corrected chi connectivity index (χ3v) is 3.57. The number of nitrogens with zero attached hydrogens (tertiary/aromatic N) is 1. The van der Waals surface area contributed by atoms with Crippen molar-refractivity contribution < 1.29 is 9.53 Å². The van der Waals surface area contributed by atoms with Crippen molar-refractivity contribution in [3.63, 3.8) is 0 Å². The molecule has 0 saturated heterocycles. The average Bonchev–Trinajstić information content (AvgIpc) is 3.07. The van der Waals surface area contributed by atoms with Crippen LogP contribution in [0.4, 0.5) is 0 Å². The van der Waals surface area contributed by atoms with E-state index in [1.54, 1.807) is 0 Å². The highest BCUT2D eigenvalue weighted by atomic mass is 16.5. The Morgan fingerprint density at radius 3 is 3.06 bits per heavy atom. The molecule has 0 atom stereocenters. The zero-order chi connectivity index (χ0) is 11.8. The van der Waals surface area contributed by atoms with E-state index in [9.17, 15) is 4.79 Å². The Labute approximate surface area is 101 Å². The standard InChI is InChI=1S/C14H17NO2/c1-15(12-3-4-12)9-13(16)10-2-5-14-11(8-10)6-7-17-14/h2,5,8,12H,3-4,6-7,9H2,1H3. The second kappa shape index (κ2) is 4.15. The van der Waals surface area contributed by atoms with E-state index in [2.05, 4.69) is 4.90 Å². The lowest BCUT2D eigenvalue weighted by Crippen LogP contribution is -2.27. The molecule has 0 amide bonds. The Morgan fingerprint density at radius 1 is 1.47 bits per heavy atom. The molecule has 1 aromatic carbocycles. The van der Waals surface area contributed by atoms with E-state index in [-0.39, 0.29) is 5.78 Å². The molecule has 3 heteroatoms. The quantitative estimate of drug-likeness (QED) is 0.741. The smallest absolute Gasteiger partial charge is 0.176 e. The zero-order valence-electron chi connectivity index (χ0n) is 10.1. The van der Waals surface area contributed by atoms with Gasteiger partial charge in [0, 0.05) is 18.0 Å². The molecule has 1 aromatic rings. The fraction of sp³-hybridized carbons (Fsp3) is 0.500. The van der Waals surface area contributed by atoms with Crippen LogP contribution in [-0.2, 0) is 6.42 Å². The molecule has 0 N–H and O–H groups in total. The molecular weight excluding hydrogens is 214 g/mol. The molecule has 3 rings (SSSR count). The fourth-order valence-electron chi connectivity index (χ4n) is 2.32. The Hall–Kier alpha value is -1.35. The van der Waals surface area contributed by atoms with E-state index >= 15 is 0 Å². The molecular formula is C14H17NO2. The molecule has 17 heavy (non-hydrogen) atoms. The maximum absolute atomic E-state index is 12.1. The van der Waals surface area contributed by atoms with Gasteiger partial charge in [-0.05, 0) is 43.7 Å². The number of hydrogen-bond donors (Lipinski definition) is 0. The molecule has 1 aliphatic carbocycles. The summed E-state index contributed by atoms with van der Waals surface area (Å²) in [6, 6.07) is 6.43. The fourth-order valence-corrected chi connectivity index (χ4v) is 2.32. The molecule has 0 bridgehead atoms. The number of Topliss-reactive ketones (excluding diaryl/α,β-unsaturated/α-hetero) is 1. The Balaban J connectivity index is 1.72. The first-order valence-corrected chi connectivity index (χ1v) is 6.23. The molecule has 90 valence electrons. The summed E-state index contributed by atoms with van der Waals surface area (Å²) in [4.78, 5) is 14.3. The van der Waals surface area contributed by atoms with Crippen molar-refractivity contribution >= 4 is 5.78 Å². The van der Waals surface area contributed by atoms with Crippen LogP contribution in [-0.4, -0.2) is 36.9 Å². The van der Waals surface area contributed by atoms with Gasteiger partial charge in [0.25, 0.3) is 0 Å². The number of fused-ring (bicyclic) bond motifs is 1. The number of ketones is 1. The van der Waals surface area contributed by atoms with Crippen LogP contribution >= 0.6 is 0 Å². The maximum atomic E-state index is 12.1. The van der Waals surface area contributed by atoms with Gasteiger partial charge in [0.2, 0.25) is 0 Å². The third-order valence-electron chi connectivity index (χ3n) is 3.57. The molecule has 0 aromatic heterocycles. The molecule has 0 radical (unpaired) electrons. The third kappa shape index (κ3) is 2.20. The van der Waals surface area contributed by atoms with Crippen LogP contribution in [0, 0.1) is 0 Å². The van der Waals surface area contributed by atoms with E-state index in [1.807, 2.05) is 25.2 Å². The van der Waals surface area contributed by atoms with Crippen molar-refractivity contribution in [3.05, 3.63) is 29.3 Å². The largest absolute Gasteiger partial charge is 0.493 e. The average molecular weight is 231 g/mol. The van der Waals surface area contributed by atoms with Gasteiger partial charge in [0.15, 0.2) is 5.78 Å². The number of hydrogen-bond acceptors (Lipinski definition) is 3. The summed E-state index contributed by atoms with van der Waals surface area (Å²) < 4.78 is 5.44. The van der Waals surface area contributed by atoms with Gasteiger partial charge < -0.3 is 4.74 Å². The van der Waals surface area contributed by atoms with Gasteiger partial charge in [-0.3, -0.25) is 9.69 Å². The molecule has 2 aliphatic rings. The summed E-state index contributed by atoms with van der Waals surface area (Å²) >= 11 is 0. The van der Waals surface area contributed by atoms with Gasteiger partial charge >= 0.3 is 0 Å². The molecule has 1 fully saturated rings. The Morgan fingerprint density at radius 2 is 2.29 bits per heavy atom. The Kier molecular flexibility index (Phi) is 2.63. The molecule has 1 saturated carbocycles. The number of carbonyl (C=O) groups excluding carboxylic acids is 1. The summed E-state index contributed by atoms with van der Waals surface area (Å²) in [6.45, 7) is 1.28. The second-order valence-electron chi connectivity index (χ2n) is 4.99. The highest BCUT2D eigenvalue weighted by Crippen LogP contribution is 2.27. The van der Waals surface area contributed by atoms with Crippen molar-refractivity contribution in [2.24, 2.45) is 0 Å². The molecule has 0 spiro atoms. The maximum Gasteiger partial charge on any atom is 0.176 e. The van der Waals surface area contributed by atoms with Gasteiger partial charge in [-0.25, -0.2) is 0 Å². The van der Waals surface area contributed by atoms with Crippen LogP contribution in [0.2, 0.25) is 0 Å². The highest BCUT2D eigenvalue weighted by molar-refractivity contribution is 5.98. The van der Waals surface area contributed by atoms with Crippen LogP contribution < -0.4 is 4.74 Å². The van der Waals surface area contributed by atoms with E-state index in [4.69, 9.17) is 4.74 Å². The van der Waals surface area contributed by atoms with Crippen LogP contribution in [0.3, 0.4) is 0 Å². The van der Waals surface area contributed by atoms with Gasteiger partial charge in [0.05, 0.1) is 13.2 Å². The minimum atomic E-state index is 0.217. The summed E-state index contributed by atoms with van der Waals surface area (Å²) in [5.41, 5.74) is 1.99. The molecule has 0 unspecified atom stereocenters. The zero-order valence-corrected chi connectivity index (χ0v) is 10.1. The van der Waals surface area contributed by atoms with Crippen LogP contribution in [0.25, 0.3) is 0 Å². The Bertz CT molecular complexity index is 452. The second-order valence-corrected chi connectivity index (χ2v) is 4.99. The number of carbonyl (C=O) groups is 1. The van der Waals surface area contributed by atoms with Gasteiger partial charge in [-0.2, -0.15) is 0 Å². The predicted molar refractivity (Wildman–Crippen MR) is 65.6 cm³/mol. The van der Waals surface area contributed by atoms with Crippen LogP contribution in [0.15, 0.2) is 18.2 Å². The lowest BCUT2D eigenvalue weighted by molar-refractivity contribution is 0.0942. The van der Waals surface area contributed by atoms with E-state index in [0.717, 1.165) is 24.3 Å². The van der Waals surface area contributed by atoms with Crippen molar-refractivity contribution in [2.75, 3.05) is 20.2 Å². The molecule has 1 aliphatic heterocycles. The number of rotatable bonds is 4. The molecule has 3 nitrogen and oxygen atoms in total. The minimum absolute atomic E-state index is 0.217. The normalized spacial score (nSPS) is 18.0. The van der Waals surface area contributed by atoms with Crippen LogP contribution in [0.1, 0.15) is 28.8 Å². The van der Waals surface area contributed by atoms with Crippen molar-refractivity contribution in [1.29, 1.82) is 0 Å². The van der Waals surface area contributed by atoms with Crippen molar-refractivity contribution in [1.82, 2.24) is 4.90 Å². The van der Waals surface area contributed by atoms with Gasteiger partial charge in [-0.15, -0.1) is 0 Å². The first-order chi connectivity index (χ1) is 8.24.